The minimum Gasteiger partial charge on any atom is -0.337 e. The van der Waals surface area contributed by atoms with Gasteiger partial charge in [0.1, 0.15) is 0 Å². The molecule has 28 heavy (non-hydrogen) atoms. The Morgan fingerprint density at radius 2 is 1.75 bits per heavy atom. The van der Waals surface area contributed by atoms with E-state index in [2.05, 4.69) is 16.0 Å². The summed E-state index contributed by atoms with van der Waals surface area (Å²) < 4.78 is 39.7. The molecule has 0 bridgehead atoms. The number of urea groups is 1. The predicted octanol–water partition coefficient (Wildman–Crippen LogP) is 4.72. The third-order valence-electron chi connectivity index (χ3n) is 3.54. The van der Waals surface area contributed by atoms with Crippen molar-refractivity contribution in [2.45, 2.75) is 18.9 Å². The number of thioether (sulfide) groups is 1. The van der Waals surface area contributed by atoms with Gasteiger partial charge in [-0.3, -0.25) is 4.79 Å². The summed E-state index contributed by atoms with van der Waals surface area (Å²) >= 11 is 1.61. The maximum Gasteiger partial charge on any atom is 0.418 e. The van der Waals surface area contributed by atoms with Gasteiger partial charge < -0.3 is 16.0 Å². The lowest BCUT2D eigenvalue weighted by Crippen LogP contribution is -2.31. The lowest BCUT2D eigenvalue weighted by molar-refractivity contribution is -0.137. The molecule has 3 N–H and O–H groups in total. The van der Waals surface area contributed by atoms with Crippen LogP contribution in [0.4, 0.5) is 29.3 Å². The van der Waals surface area contributed by atoms with Gasteiger partial charge >= 0.3 is 12.2 Å². The monoisotopic (exact) mass is 411 g/mol. The highest BCUT2D eigenvalue weighted by atomic mass is 32.2. The number of hydrogen-bond acceptors (Lipinski definition) is 3. The van der Waals surface area contributed by atoms with Crippen LogP contribution in [-0.2, 0) is 16.7 Å². The molecule has 0 aromatic heterocycles. The Bertz CT molecular complexity index is 814. The number of alkyl halides is 3. The van der Waals surface area contributed by atoms with Gasteiger partial charge in [0.2, 0.25) is 5.91 Å². The number of rotatable bonds is 7. The second-order valence-corrected chi connectivity index (χ2v) is 6.96. The van der Waals surface area contributed by atoms with Crippen LogP contribution in [0.2, 0.25) is 0 Å². The van der Waals surface area contributed by atoms with Crippen molar-refractivity contribution in [3.8, 4) is 0 Å². The summed E-state index contributed by atoms with van der Waals surface area (Å²) in [5.74, 6) is 0.919. The first-order chi connectivity index (χ1) is 13.3. The lowest BCUT2D eigenvalue weighted by Gasteiger charge is -2.16. The van der Waals surface area contributed by atoms with E-state index in [4.69, 9.17) is 0 Å². The topological polar surface area (TPSA) is 70.2 Å². The molecule has 0 unspecified atom stereocenters. The van der Waals surface area contributed by atoms with Gasteiger partial charge in [0.25, 0.3) is 0 Å². The SMILES string of the molecule is CC(=O)Nc1ccc(NC(=O)NCCSCc2ccccc2)c(C(F)(F)F)c1. The van der Waals surface area contributed by atoms with E-state index >= 15 is 0 Å². The average Bonchev–Trinajstić information content (AvgIpc) is 2.62. The molecule has 0 saturated carbocycles. The molecule has 0 fully saturated rings. The number of halogens is 3. The van der Waals surface area contributed by atoms with E-state index in [1.54, 1.807) is 11.8 Å². The highest BCUT2D eigenvalue weighted by molar-refractivity contribution is 7.98. The summed E-state index contributed by atoms with van der Waals surface area (Å²) in [5, 5.41) is 7.04. The fraction of sp³-hybridized carbons (Fsp3) is 0.263. The molecular weight excluding hydrogens is 391 g/mol. The van der Waals surface area contributed by atoms with Crippen LogP contribution in [-0.4, -0.2) is 24.2 Å². The molecule has 0 aliphatic carbocycles. The predicted molar refractivity (Wildman–Crippen MR) is 105 cm³/mol. The maximum atomic E-state index is 13.2. The molecule has 150 valence electrons. The standard InChI is InChI=1S/C19H20F3N3O2S/c1-13(26)24-15-7-8-17(16(11-15)19(20,21)22)25-18(27)23-9-10-28-12-14-5-3-2-4-6-14/h2-8,11H,9-10,12H2,1H3,(H,24,26)(H2,23,25,27). The summed E-state index contributed by atoms with van der Waals surface area (Å²) in [7, 11) is 0. The Balaban J connectivity index is 1.87. The van der Waals surface area contributed by atoms with Crippen LogP contribution in [0.15, 0.2) is 48.5 Å². The maximum absolute atomic E-state index is 13.2. The number of carbonyl (C=O) groups excluding carboxylic acids is 2. The van der Waals surface area contributed by atoms with Crippen LogP contribution in [0.3, 0.4) is 0 Å². The molecule has 9 heteroatoms. The van der Waals surface area contributed by atoms with E-state index in [-0.39, 0.29) is 11.4 Å². The van der Waals surface area contributed by atoms with E-state index in [1.807, 2.05) is 30.3 Å². The van der Waals surface area contributed by atoms with E-state index in [1.165, 1.54) is 13.0 Å². The minimum absolute atomic E-state index is 0.00287. The van der Waals surface area contributed by atoms with Crippen LogP contribution in [0.5, 0.6) is 0 Å². The van der Waals surface area contributed by atoms with Crippen LogP contribution >= 0.6 is 11.8 Å². The second-order valence-electron chi connectivity index (χ2n) is 5.86. The zero-order valence-corrected chi connectivity index (χ0v) is 15.9. The van der Waals surface area contributed by atoms with Gasteiger partial charge in [-0.25, -0.2) is 4.79 Å². The van der Waals surface area contributed by atoms with E-state index in [0.29, 0.717) is 12.3 Å². The van der Waals surface area contributed by atoms with Crippen LogP contribution in [0, 0.1) is 0 Å². The van der Waals surface area contributed by atoms with Gasteiger partial charge in [-0.1, -0.05) is 30.3 Å². The summed E-state index contributed by atoms with van der Waals surface area (Å²) in [5.41, 5.74) is -0.252. The molecule has 0 atom stereocenters. The van der Waals surface area contributed by atoms with E-state index < -0.39 is 23.7 Å². The fourth-order valence-electron chi connectivity index (χ4n) is 2.34. The molecule has 0 aliphatic rings. The zero-order valence-electron chi connectivity index (χ0n) is 15.1. The zero-order chi connectivity index (χ0) is 20.6. The first-order valence-corrected chi connectivity index (χ1v) is 9.56. The van der Waals surface area contributed by atoms with Crippen LogP contribution in [0.1, 0.15) is 18.1 Å². The molecule has 2 aromatic rings. The molecule has 5 nitrogen and oxygen atoms in total. The summed E-state index contributed by atoms with van der Waals surface area (Å²) in [6, 6.07) is 12.3. The third-order valence-corrected chi connectivity index (χ3v) is 4.57. The average molecular weight is 411 g/mol. The number of hydrogen-bond donors (Lipinski definition) is 3. The molecule has 2 aromatic carbocycles. The Kier molecular flexibility index (Phi) is 7.74. The molecule has 2 rings (SSSR count). The Labute approximate surface area is 165 Å². The van der Waals surface area contributed by atoms with Crippen molar-refractivity contribution in [2.24, 2.45) is 0 Å². The Hall–Kier alpha value is -2.68. The molecule has 0 heterocycles. The number of carbonyl (C=O) groups is 2. The van der Waals surface area contributed by atoms with Gasteiger partial charge in [-0.2, -0.15) is 24.9 Å². The van der Waals surface area contributed by atoms with Crippen molar-refractivity contribution in [2.75, 3.05) is 22.9 Å². The summed E-state index contributed by atoms with van der Waals surface area (Å²) in [4.78, 5) is 22.9. The number of amides is 3. The first-order valence-electron chi connectivity index (χ1n) is 8.41. The number of anilines is 2. The van der Waals surface area contributed by atoms with Crippen molar-refractivity contribution in [3.63, 3.8) is 0 Å². The minimum atomic E-state index is -4.68. The van der Waals surface area contributed by atoms with Crippen LogP contribution < -0.4 is 16.0 Å². The Morgan fingerprint density at radius 1 is 1.04 bits per heavy atom. The normalized spacial score (nSPS) is 11.0. The first kappa shape index (κ1) is 21.6. The molecular formula is C19H20F3N3O2S. The summed E-state index contributed by atoms with van der Waals surface area (Å²) in [6.45, 7) is 1.51. The van der Waals surface area contributed by atoms with Crippen molar-refractivity contribution < 1.29 is 22.8 Å². The van der Waals surface area contributed by atoms with E-state index in [9.17, 15) is 22.8 Å². The van der Waals surface area contributed by atoms with Gasteiger partial charge in [-0.05, 0) is 23.8 Å². The highest BCUT2D eigenvalue weighted by Gasteiger charge is 2.34. The van der Waals surface area contributed by atoms with Crippen molar-refractivity contribution in [1.82, 2.24) is 5.32 Å². The van der Waals surface area contributed by atoms with Gasteiger partial charge in [0, 0.05) is 30.7 Å². The third kappa shape index (κ3) is 7.15. The summed E-state index contributed by atoms with van der Waals surface area (Å²) in [6.07, 6.45) is -4.68. The fourth-order valence-corrected chi connectivity index (χ4v) is 3.16. The van der Waals surface area contributed by atoms with Gasteiger partial charge in [0.05, 0.1) is 11.3 Å². The lowest BCUT2D eigenvalue weighted by atomic mass is 10.1. The van der Waals surface area contributed by atoms with Crippen molar-refractivity contribution in [1.29, 1.82) is 0 Å². The molecule has 3 amide bonds. The van der Waals surface area contributed by atoms with Crippen molar-refractivity contribution in [3.05, 3.63) is 59.7 Å². The highest BCUT2D eigenvalue weighted by Crippen LogP contribution is 2.36. The quantitative estimate of drug-likeness (QED) is 0.578. The molecule has 0 aliphatic heterocycles. The smallest absolute Gasteiger partial charge is 0.337 e. The van der Waals surface area contributed by atoms with Crippen LogP contribution in [0.25, 0.3) is 0 Å². The number of benzene rings is 2. The number of nitrogens with one attached hydrogen (secondary N) is 3. The van der Waals surface area contributed by atoms with E-state index in [0.717, 1.165) is 23.4 Å². The molecule has 0 spiro atoms. The van der Waals surface area contributed by atoms with Gasteiger partial charge in [-0.15, -0.1) is 0 Å². The Morgan fingerprint density at radius 3 is 2.39 bits per heavy atom. The molecule has 0 radical (unpaired) electrons. The van der Waals surface area contributed by atoms with Gasteiger partial charge in [0.15, 0.2) is 0 Å². The second kappa shape index (κ2) is 10.0. The van der Waals surface area contributed by atoms with Crippen molar-refractivity contribution >= 4 is 35.1 Å². The molecule has 0 saturated heterocycles. The largest absolute Gasteiger partial charge is 0.418 e.